The highest BCUT2D eigenvalue weighted by molar-refractivity contribution is 7.14. The average molecular weight is 233 g/mol. The second-order valence-corrected chi connectivity index (χ2v) is 5.00. The molecule has 0 aliphatic rings. The predicted octanol–water partition coefficient (Wildman–Crippen LogP) is 2.73. The van der Waals surface area contributed by atoms with Crippen LogP contribution in [0.5, 0.6) is 0 Å². The van der Waals surface area contributed by atoms with Gasteiger partial charge < -0.3 is 0 Å². The quantitative estimate of drug-likeness (QED) is 0.560. The van der Waals surface area contributed by atoms with Crippen molar-refractivity contribution in [2.75, 3.05) is 0 Å². The van der Waals surface area contributed by atoms with Crippen LogP contribution in [0, 0.1) is 18.8 Å². The normalized spacial score (nSPS) is 9.40. The number of thiophene rings is 1. The van der Waals surface area contributed by atoms with Gasteiger partial charge in [0, 0.05) is 5.38 Å². The Bertz CT molecular complexity index is 542. The number of carbonyl (C=O) groups is 1. The van der Waals surface area contributed by atoms with Crippen molar-refractivity contribution in [1.82, 2.24) is 4.98 Å². The van der Waals surface area contributed by atoms with Crippen LogP contribution in [0.4, 0.5) is 0 Å². The summed E-state index contributed by atoms with van der Waals surface area (Å²) < 4.78 is 0. The average Bonchev–Trinajstić information content (AvgIpc) is 2.83. The van der Waals surface area contributed by atoms with Crippen molar-refractivity contribution in [3.8, 4) is 11.8 Å². The van der Waals surface area contributed by atoms with E-state index in [0.29, 0.717) is 4.88 Å². The van der Waals surface area contributed by atoms with Crippen molar-refractivity contribution in [1.29, 1.82) is 0 Å². The third kappa shape index (κ3) is 2.52. The molecule has 2 rings (SSSR count). The lowest BCUT2D eigenvalue weighted by Gasteiger charge is -1.77. The van der Waals surface area contributed by atoms with E-state index >= 15 is 0 Å². The molecule has 0 aliphatic heterocycles. The molecule has 0 spiro atoms. The summed E-state index contributed by atoms with van der Waals surface area (Å²) >= 11 is 2.98. The van der Waals surface area contributed by atoms with E-state index in [2.05, 4.69) is 16.8 Å². The topological polar surface area (TPSA) is 30.0 Å². The van der Waals surface area contributed by atoms with E-state index in [0.717, 1.165) is 21.9 Å². The number of carbonyl (C=O) groups excluding carboxylic acids is 1. The van der Waals surface area contributed by atoms with Crippen LogP contribution in [0.1, 0.15) is 25.3 Å². The zero-order chi connectivity index (χ0) is 10.7. The smallest absolute Gasteiger partial charge is 0.160 e. The van der Waals surface area contributed by atoms with Gasteiger partial charge in [0.25, 0.3) is 0 Å². The molecule has 2 aromatic rings. The molecule has 0 saturated carbocycles. The molecule has 2 nitrogen and oxygen atoms in total. The number of aldehydes is 1. The molecule has 0 aliphatic carbocycles. The molecule has 0 amide bonds. The van der Waals surface area contributed by atoms with Gasteiger partial charge in [-0.2, -0.15) is 0 Å². The fourth-order valence-corrected chi connectivity index (χ4v) is 2.25. The molecule has 74 valence electrons. The minimum Gasteiger partial charge on any atom is -0.297 e. The third-order valence-electron chi connectivity index (χ3n) is 1.68. The molecular weight excluding hydrogens is 226 g/mol. The van der Waals surface area contributed by atoms with Gasteiger partial charge in [0.05, 0.1) is 14.8 Å². The van der Waals surface area contributed by atoms with Crippen LogP contribution in [0.3, 0.4) is 0 Å². The van der Waals surface area contributed by atoms with Crippen LogP contribution in [0.15, 0.2) is 17.5 Å². The van der Waals surface area contributed by atoms with Crippen molar-refractivity contribution >= 4 is 29.0 Å². The first-order valence-electron chi connectivity index (χ1n) is 4.27. The van der Waals surface area contributed by atoms with Crippen LogP contribution >= 0.6 is 22.7 Å². The molecule has 2 heterocycles. The van der Waals surface area contributed by atoms with Crippen LogP contribution < -0.4 is 0 Å². The largest absolute Gasteiger partial charge is 0.297 e. The van der Waals surface area contributed by atoms with Gasteiger partial charge in [-0.1, -0.05) is 0 Å². The maximum absolute atomic E-state index is 10.4. The van der Waals surface area contributed by atoms with E-state index in [1.54, 1.807) is 17.4 Å². The first-order chi connectivity index (χ1) is 7.28. The molecule has 0 fully saturated rings. The van der Waals surface area contributed by atoms with Gasteiger partial charge in [-0.05, 0) is 30.9 Å². The molecule has 2 aromatic heterocycles. The summed E-state index contributed by atoms with van der Waals surface area (Å²) in [4.78, 5) is 16.3. The van der Waals surface area contributed by atoms with Gasteiger partial charge in [-0.25, -0.2) is 4.98 Å². The summed E-state index contributed by atoms with van der Waals surface area (Å²) in [6.07, 6.45) is 0.836. The lowest BCUT2D eigenvalue weighted by atomic mass is 10.4. The molecular formula is C11H7NOS2. The second kappa shape index (κ2) is 4.39. The highest BCUT2D eigenvalue weighted by atomic mass is 32.1. The lowest BCUT2D eigenvalue weighted by Crippen LogP contribution is -1.73. The first kappa shape index (κ1) is 10.1. The second-order valence-electron chi connectivity index (χ2n) is 2.82. The number of aromatic nitrogens is 1. The van der Waals surface area contributed by atoms with Crippen LogP contribution in [0.25, 0.3) is 0 Å². The monoisotopic (exact) mass is 233 g/mol. The Balaban J connectivity index is 2.21. The highest BCUT2D eigenvalue weighted by Crippen LogP contribution is 2.13. The summed E-state index contributed by atoms with van der Waals surface area (Å²) in [6, 6.07) is 3.62. The maximum Gasteiger partial charge on any atom is 0.160 e. The van der Waals surface area contributed by atoms with Gasteiger partial charge in [0.1, 0.15) is 5.69 Å². The fourth-order valence-electron chi connectivity index (χ4n) is 1.03. The molecule has 0 unspecified atom stereocenters. The Morgan fingerprint density at radius 2 is 2.27 bits per heavy atom. The van der Waals surface area contributed by atoms with Crippen molar-refractivity contribution in [2.24, 2.45) is 0 Å². The standard InChI is InChI=1S/C11H7NOS2/c1-8-12-9(7-14-8)2-3-10-4-5-11(6-13)15-10/h4-7H,1H3. The number of rotatable bonds is 1. The van der Waals surface area contributed by atoms with Crippen molar-refractivity contribution < 1.29 is 4.79 Å². The van der Waals surface area contributed by atoms with E-state index < -0.39 is 0 Å². The van der Waals surface area contributed by atoms with Crippen molar-refractivity contribution in [3.63, 3.8) is 0 Å². The molecule has 0 aromatic carbocycles. The Labute approximate surface area is 95.6 Å². The van der Waals surface area contributed by atoms with Gasteiger partial charge in [-0.3, -0.25) is 4.79 Å². The van der Waals surface area contributed by atoms with E-state index in [1.165, 1.54) is 11.3 Å². The maximum atomic E-state index is 10.4. The Hall–Kier alpha value is -1.44. The number of hydrogen-bond donors (Lipinski definition) is 0. The van der Waals surface area contributed by atoms with Gasteiger partial charge >= 0.3 is 0 Å². The summed E-state index contributed by atoms with van der Waals surface area (Å²) in [5, 5.41) is 2.94. The first-order valence-corrected chi connectivity index (χ1v) is 5.97. The predicted molar refractivity (Wildman–Crippen MR) is 62.5 cm³/mol. The summed E-state index contributed by atoms with van der Waals surface area (Å²) in [7, 11) is 0. The van der Waals surface area contributed by atoms with E-state index in [9.17, 15) is 4.79 Å². The van der Waals surface area contributed by atoms with E-state index in [-0.39, 0.29) is 0 Å². The van der Waals surface area contributed by atoms with E-state index in [1.807, 2.05) is 18.4 Å². The van der Waals surface area contributed by atoms with Gasteiger partial charge in [-0.15, -0.1) is 22.7 Å². The molecule has 0 bridgehead atoms. The molecule has 4 heteroatoms. The molecule has 0 saturated heterocycles. The van der Waals surface area contributed by atoms with Crippen molar-refractivity contribution in [3.05, 3.63) is 38.0 Å². The summed E-state index contributed by atoms with van der Waals surface area (Å²) in [5.74, 6) is 5.95. The number of nitrogens with zero attached hydrogens (tertiary/aromatic N) is 1. The highest BCUT2D eigenvalue weighted by Gasteiger charge is 1.96. The van der Waals surface area contributed by atoms with E-state index in [4.69, 9.17) is 0 Å². The SMILES string of the molecule is Cc1nc(C#Cc2ccc(C=O)s2)cs1. The number of thiazole rings is 1. The van der Waals surface area contributed by atoms with Crippen LogP contribution in [-0.2, 0) is 0 Å². The minimum absolute atomic E-state index is 0.703. The van der Waals surface area contributed by atoms with Gasteiger partial charge in [0.2, 0.25) is 0 Å². The number of aryl methyl sites for hydroxylation is 1. The number of hydrogen-bond acceptors (Lipinski definition) is 4. The third-order valence-corrected chi connectivity index (χ3v) is 3.38. The molecule has 0 N–H and O–H groups in total. The Morgan fingerprint density at radius 1 is 1.40 bits per heavy atom. The zero-order valence-electron chi connectivity index (χ0n) is 7.98. The Morgan fingerprint density at radius 3 is 2.87 bits per heavy atom. The molecule has 0 atom stereocenters. The zero-order valence-corrected chi connectivity index (χ0v) is 9.61. The fraction of sp³-hybridized carbons (Fsp3) is 0.0909. The van der Waals surface area contributed by atoms with Gasteiger partial charge in [0.15, 0.2) is 6.29 Å². The Kier molecular flexibility index (Phi) is 2.95. The van der Waals surface area contributed by atoms with Crippen LogP contribution in [0.2, 0.25) is 0 Å². The van der Waals surface area contributed by atoms with Crippen molar-refractivity contribution in [2.45, 2.75) is 6.92 Å². The molecule has 15 heavy (non-hydrogen) atoms. The van der Waals surface area contributed by atoms with Crippen LogP contribution in [-0.4, -0.2) is 11.3 Å². The molecule has 0 radical (unpaired) electrons. The minimum atomic E-state index is 0.703. The summed E-state index contributed by atoms with van der Waals surface area (Å²) in [5.41, 5.74) is 0.790. The lowest BCUT2D eigenvalue weighted by molar-refractivity contribution is 0.112. The summed E-state index contributed by atoms with van der Waals surface area (Å²) in [6.45, 7) is 1.95.